The smallest absolute Gasteiger partial charge is 0.407 e. The standard InChI is InChI=1S/C15H18Cl2N2O2S/c1-4-10-5-11(6-18-15(20)21-7-9(2)3)13(17)14(12(10)16)19-8-22/h5,9H,4,6-7H2,1-3H3,(H,18,20). The Bertz CT molecular complexity index is 600. The summed E-state index contributed by atoms with van der Waals surface area (Å²) in [7, 11) is 0. The molecule has 0 bridgehead atoms. The number of carbonyl (C=O) groups is 1. The van der Waals surface area contributed by atoms with Gasteiger partial charge in [0.05, 0.1) is 21.8 Å². The van der Waals surface area contributed by atoms with E-state index in [-0.39, 0.29) is 12.5 Å². The zero-order valence-electron chi connectivity index (χ0n) is 12.7. The maximum Gasteiger partial charge on any atom is 0.407 e. The molecule has 0 saturated carbocycles. The number of nitrogens with one attached hydrogen (secondary N) is 1. The lowest BCUT2D eigenvalue weighted by atomic mass is 10.1. The molecule has 1 amide bonds. The van der Waals surface area contributed by atoms with Crippen LogP contribution in [-0.2, 0) is 17.7 Å². The number of nitrogens with zero attached hydrogens (tertiary/aromatic N) is 1. The van der Waals surface area contributed by atoms with Crippen LogP contribution in [0.2, 0.25) is 10.0 Å². The highest BCUT2D eigenvalue weighted by Gasteiger charge is 2.15. The summed E-state index contributed by atoms with van der Waals surface area (Å²) in [6.07, 6.45) is 0.221. The molecule has 0 aromatic heterocycles. The lowest BCUT2D eigenvalue weighted by Gasteiger charge is -2.13. The molecule has 0 spiro atoms. The average Bonchev–Trinajstić information content (AvgIpc) is 2.48. The Balaban J connectivity index is 2.93. The van der Waals surface area contributed by atoms with E-state index in [2.05, 4.69) is 27.7 Å². The van der Waals surface area contributed by atoms with E-state index in [0.29, 0.717) is 34.3 Å². The van der Waals surface area contributed by atoms with Crippen molar-refractivity contribution in [2.75, 3.05) is 6.61 Å². The number of carbonyl (C=O) groups excluding carboxylic acids is 1. The SMILES string of the molecule is CCc1cc(CNC(=O)OCC(C)C)c(Cl)c(N=C=S)c1Cl. The zero-order chi connectivity index (χ0) is 16.7. The van der Waals surface area contributed by atoms with E-state index in [4.69, 9.17) is 27.9 Å². The summed E-state index contributed by atoms with van der Waals surface area (Å²) >= 11 is 17.1. The predicted octanol–water partition coefficient (Wildman–Crippen LogP) is 5.17. The van der Waals surface area contributed by atoms with Gasteiger partial charge in [-0.3, -0.25) is 0 Å². The van der Waals surface area contributed by atoms with Crippen molar-refractivity contribution in [3.63, 3.8) is 0 Å². The molecule has 0 aliphatic rings. The van der Waals surface area contributed by atoms with Crippen LogP contribution in [0.1, 0.15) is 31.9 Å². The minimum atomic E-state index is -0.488. The fourth-order valence-corrected chi connectivity index (χ4v) is 2.45. The maximum absolute atomic E-state index is 11.6. The summed E-state index contributed by atoms with van der Waals surface area (Å²) in [4.78, 5) is 15.5. The number of isothiocyanates is 1. The highest BCUT2D eigenvalue weighted by molar-refractivity contribution is 7.78. The molecule has 0 aliphatic heterocycles. The van der Waals surface area contributed by atoms with Crippen LogP contribution in [0.15, 0.2) is 11.1 Å². The van der Waals surface area contributed by atoms with Gasteiger partial charge in [0, 0.05) is 6.54 Å². The van der Waals surface area contributed by atoms with Gasteiger partial charge in [0.15, 0.2) is 0 Å². The number of thiocarbonyl (C=S) groups is 1. The number of aliphatic imine (C=N–C) groups is 1. The highest BCUT2D eigenvalue weighted by atomic mass is 35.5. The van der Waals surface area contributed by atoms with Gasteiger partial charge in [0.1, 0.15) is 5.69 Å². The summed E-state index contributed by atoms with van der Waals surface area (Å²) in [6, 6.07) is 1.84. The van der Waals surface area contributed by atoms with Gasteiger partial charge in [-0.15, -0.1) is 0 Å². The number of hydrogen-bond acceptors (Lipinski definition) is 4. The molecular formula is C15H18Cl2N2O2S. The van der Waals surface area contributed by atoms with E-state index in [1.54, 1.807) is 0 Å². The topological polar surface area (TPSA) is 50.7 Å². The number of halogens is 2. The normalized spacial score (nSPS) is 10.3. The van der Waals surface area contributed by atoms with Crippen LogP contribution in [0.5, 0.6) is 0 Å². The van der Waals surface area contributed by atoms with Crippen LogP contribution >= 0.6 is 35.4 Å². The van der Waals surface area contributed by atoms with Gasteiger partial charge < -0.3 is 10.1 Å². The molecule has 120 valence electrons. The quantitative estimate of drug-likeness (QED) is 0.562. The van der Waals surface area contributed by atoms with E-state index in [1.165, 1.54) is 0 Å². The van der Waals surface area contributed by atoms with Crippen molar-refractivity contribution in [1.29, 1.82) is 0 Å². The predicted molar refractivity (Wildman–Crippen MR) is 93.6 cm³/mol. The second kappa shape index (κ2) is 9.11. The number of ether oxygens (including phenoxy) is 1. The van der Waals surface area contributed by atoms with Gasteiger partial charge in [-0.05, 0) is 35.7 Å². The van der Waals surface area contributed by atoms with Gasteiger partial charge in [0.2, 0.25) is 0 Å². The van der Waals surface area contributed by atoms with Gasteiger partial charge in [-0.2, -0.15) is 4.99 Å². The monoisotopic (exact) mass is 360 g/mol. The Kier molecular flexibility index (Phi) is 7.83. The molecular weight excluding hydrogens is 343 g/mol. The van der Waals surface area contributed by atoms with Gasteiger partial charge in [-0.25, -0.2) is 4.79 Å². The minimum absolute atomic E-state index is 0.222. The van der Waals surface area contributed by atoms with E-state index in [0.717, 1.165) is 5.56 Å². The van der Waals surface area contributed by atoms with Gasteiger partial charge in [-0.1, -0.05) is 50.0 Å². The number of alkyl carbamates (subject to hydrolysis) is 1. The fraction of sp³-hybridized carbons (Fsp3) is 0.467. The van der Waals surface area contributed by atoms with Crippen LogP contribution in [-0.4, -0.2) is 17.9 Å². The molecule has 4 nitrogen and oxygen atoms in total. The Labute approximate surface area is 145 Å². The third-order valence-electron chi connectivity index (χ3n) is 2.84. The van der Waals surface area contributed by atoms with Crippen molar-refractivity contribution in [2.45, 2.75) is 33.7 Å². The minimum Gasteiger partial charge on any atom is -0.449 e. The third kappa shape index (κ3) is 5.25. The number of aryl methyl sites for hydroxylation is 1. The van der Waals surface area contributed by atoms with Crippen LogP contribution in [0, 0.1) is 5.92 Å². The third-order valence-corrected chi connectivity index (χ3v) is 3.77. The van der Waals surface area contributed by atoms with Crippen molar-refractivity contribution in [2.24, 2.45) is 10.9 Å². The van der Waals surface area contributed by atoms with Gasteiger partial charge >= 0.3 is 6.09 Å². The Morgan fingerprint density at radius 3 is 2.59 bits per heavy atom. The Morgan fingerprint density at radius 2 is 2.05 bits per heavy atom. The number of hydrogen-bond donors (Lipinski definition) is 1. The van der Waals surface area contributed by atoms with Crippen LogP contribution < -0.4 is 5.32 Å². The molecule has 1 aromatic carbocycles. The van der Waals surface area contributed by atoms with E-state index >= 15 is 0 Å². The first-order chi connectivity index (χ1) is 10.4. The molecule has 1 aromatic rings. The number of benzene rings is 1. The molecule has 0 saturated heterocycles. The molecule has 0 aliphatic carbocycles. The zero-order valence-corrected chi connectivity index (χ0v) is 15.0. The van der Waals surface area contributed by atoms with E-state index in [9.17, 15) is 4.79 Å². The van der Waals surface area contributed by atoms with Gasteiger partial charge in [0.25, 0.3) is 0 Å². The first-order valence-electron chi connectivity index (χ1n) is 6.88. The molecule has 22 heavy (non-hydrogen) atoms. The van der Waals surface area contributed by atoms with E-state index in [1.807, 2.05) is 26.8 Å². The second-order valence-electron chi connectivity index (χ2n) is 5.07. The maximum atomic E-state index is 11.6. The Hall–Kier alpha value is -1.13. The summed E-state index contributed by atoms with van der Waals surface area (Å²) in [6.45, 7) is 6.48. The summed E-state index contributed by atoms with van der Waals surface area (Å²) in [5.41, 5.74) is 1.96. The summed E-state index contributed by atoms with van der Waals surface area (Å²) in [5, 5.41) is 5.73. The van der Waals surface area contributed by atoms with Crippen molar-refractivity contribution < 1.29 is 9.53 Å². The first-order valence-corrected chi connectivity index (χ1v) is 8.05. The molecule has 7 heteroatoms. The van der Waals surface area contributed by atoms with E-state index < -0.39 is 6.09 Å². The summed E-state index contributed by atoms with van der Waals surface area (Å²) in [5.74, 6) is 0.278. The Morgan fingerprint density at radius 1 is 1.41 bits per heavy atom. The molecule has 1 rings (SSSR count). The lowest BCUT2D eigenvalue weighted by molar-refractivity contribution is 0.132. The highest BCUT2D eigenvalue weighted by Crippen LogP contribution is 2.38. The van der Waals surface area contributed by atoms with Crippen LogP contribution in [0.25, 0.3) is 0 Å². The van der Waals surface area contributed by atoms with Crippen molar-refractivity contribution >= 4 is 52.4 Å². The van der Waals surface area contributed by atoms with Crippen molar-refractivity contribution in [1.82, 2.24) is 5.32 Å². The summed E-state index contributed by atoms with van der Waals surface area (Å²) < 4.78 is 5.05. The molecule has 0 radical (unpaired) electrons. The molecule has 0 atom stereocenters. The average molecular weight is 361 g/mol. The number of amides is 1. The largest absolute Gasteiger partial charge is 0.449 e. The molecule has 1 N–H and O–H groups in total. The lowest BCUT2D eigenvalue weighted by Crippen LogP contribution is -2.25. The van der Waals surface area contributed by atoms with Crippen LogP contribution in [0.4, 0.5) is 10.5 Å². The number of rotatable bonds is 6. The molecule has 0 fully saturated rings. The van der Waals surface area contributed by atoms with Crippen molar-refractivity contribution in [3.05, 3.63) is 27.2 Å². The van der Waals surface area contributed by atoms with Crippen LogP contribution in [0.3, 0.4) is 0 Å². The molecule has 0 heterocycles. The first kappa shape index (κ1) is 18.9. The second-order valence-corrected chi connectivity index (χ2v) is 6.01. The van der Waals surface area contributed by atoms with Crippen molar-refractivity contribution in [3.8, 4) is 0 Å². The molecule has 0 unspecified atom stereocenters. The fourth-order valence-electron chi connectivity index (χ4n) is 1.73.